The van der Waals surface area contributed by atoms with Crippen molar-refractivity contribution < 1.29 is 0 Å². The standard InChI is InChI=1S/C18H28N2/c1-2-4-16(5-3-1)14-17-8-12-20(13-9-17)15-18-6-10-19-11-7-18/h1-5,17-19H,6-15H2. The predicted molar refractivity (Wildman–Crippen MR) is 84.9 cm³/mol. The van der Waals surface area contributed by atoms with Crippen molar-refractivity contribution in [1.82, 2.24) is 10.2 Å². The summed E-state index contributed by atoms with van der Waals surface area (Å²) in [6, 6.07) is 11.0. The zero-order chi connectivity index (χ0) is 13.6. The summed E-state index contributed by atoms with van der Waals surface area (Å²) in [6.45, 7) is 6.45. The van der Waals surface area contributed by atoms with Crippen LogP contribution in [0.4, 0.5) is 0 Å². The first-order valence-corrected chi connectivity index (χ1v) is 8.37. The summed E-state index contributed by atoms with van der Waals surface area (Å²) in [7, 11) is 0. The lowest BCUT2D eigenvalue weighted by molar-refractivity contribution is 0.148. The van der Waals surface area contributed by atoms with Gasteiger partial charge in [-0.1, -0.05) is 30.3 Å². The van der Waals surface area contributed by atoms with Gasteiger partial charge in [0.1, 0.15) is 0 Å². The van der Waals surface area contributed by atoms with Crippen molar-refractivity contribution in [3.05, 3.63) is 35.9 Å². The average molecular weight is 272 g/mol. The number of benzene rings is 1. The van der Waals surface area contributed by atoms with Crippen LogP contribution in [0.3, 0.4) is 0 Å². The molecule has 2 heteroatoms. The van der Waals surface area contributed by atoms with Crippen LogP contribution in [0, 0.1) is 11.8 Å². The van der Waals surface area contributed by atoms with Crippen LogP contribution in [-0.2, 0) is 6.42 Å². The first-order chi connectivity index (χ1) is 9.90. The van der Waals surface area contributed by atoms with Gasteiger partial charge in [-0.15, -0.1) is 0 Å². The fraction of sp³-hybridized carbons (Fsp3) is 0.667. The van der Waals surface area contributed by atoms with Gasteiger partial charge >= 0.3 is 0 Å². The van der Waals surface area contributed by atoms with Crippen LogP contribution in [-0.4, -0.2) is 37.6 Å². The summed E-state index contributed by atoms with van der Waals surface area (Å²) in [5.41, 5.74) is 1.52. The Hall–Kier alpha value is -0.860. The third kappa shape index (κ3) is 4.07. The molecule has 2 aliphatic heterocycles. The third-order valence-electron chi connectivity index (χ3n) is 5.05. The zero-order valence-electron chi connectivity index (χ0n) is 12.6. The molecule has 0 atom stereocenters. The number of likely N-dealkylation sites (tertiary alicyclic amines) is 1. The molecule has 0 spiro atoms. The van der Waals surface area contributed by atoms with Gasteiger partial charge in [0.25, 0.3) is 0 Å². The average Bonchev–Trinajstić information content (AvgIpc) is 2.51. The monoisotopic (exact) mass is 272 g/mol. The van der Waals surface area contributed by atoms with Crippen LogP contribution in [0.5, 0.6) is 0 Å². The van der Waals surface area contributed by atoms with Gasteiger partial charge in [0.2, 0.25) is 0 Å². The van der Waals surface area contributed by atoms with E-state index < -0.39 is 0 Å². The van der Waals surface area contributed by atoms with E-state index in [9.17, 15) is 0 Å². The predicted octanol–water partition coefficient (Wildman–Crippen LogP) is 2.94. The molecular weight excluding hydrogens is 244 g/mol. The van der Waals surface area contributed by atoms with Gasteiger partial charge in [-0.05, 0) is 75.7 Å². The molecule has 110 valence electrons. The van der Waals surface area contributed by atoms with Gasteiger partial charge in [-0.3, -0.25) is 0 Å². The molecule has 0 aliphatic carbocycles. The van der Waals surface area contributed by atoms with Crippen LogP contribution in [0.15, 0.2) is 30.3 Å². The molecule has 0 unspecified atom stereocenters. The number of nitrogens with zero attached hydrogens (tertiary/aromatic N) is 1. The number of piperidine rings is 2. The minimum absolute atomic E-state index is 0.904. The first kappa shape index (κ1) is 14.1. The number of rotatable bonds is 4. The van der Waals surface area contributed by atoms with E-state index in [-0.39, 0.29) is 0 Å². The van der Waals surface area contributed by atoms with E-state index in [2.05, 4.69) is 40.5 Å². The van der Waals surface area contributed by atoms with Crippen LogP contribution in [0.2, 0.25) is 0 Å². The fourth-order valence-electron chi connectivity index (χ4n) is 3.75. The molecular formula is C18H28N2. The minimum atomic E-state index is 0.904. The summed E-state index contributed by atoms with van der Waals surface area (Å²) in [4.78, 5) is 2.72. The van der Waals surface area contributed by atoms with E-state index in [4.69, 9.17) is 0 Å². The fourth-order valence-corrected chi connectivity index (χ4v) is 3.75. The van der Waals surface area contributed by atoms with Crippen molar-refractivity contribution in [2.24, 2.45) is 11.8 Å². The quantitative estimate of drug-likeness (QED) is 0.906. The van der Waals surface area contributed by atoms with Crippen LogP contribution in [0.25, 0.3) is 0 Å². The summed E-state index contributed by atoms with van der Waals surface area (Å²) in [5, 5.41) is 3.47. The van der Waals surface area contributed by atoms with Gasteiger partial charge in [0.05, 0.1) is 0 Å². The smallest absolute Gasteiger partial charge is 0.00106 e. The maximum atomic E-state index is 3.47. The molecule has 0 aromatic heterocycles. The van der Waals surface area contributed by atoms with E-state index in [1.54, 1.807) is 0 Å². The van der Waals surface area contributed by atoms with Crippen molar-refractivity contribution >= 4 is 0 Å². The zero-order valence-corrected chi connectivity index (χ0v) is 12.6. The molecule has 2 aliphatic rings. The van der Waals surface area contributed by atoms with Gasteiger partial charge in [0, 0.05) is 6.54 Å². The third-order valence-corrected chi connectivity index (χ3v) is 5.05. The van der Waals surface area contributed by atoms with Crippen molar-refractivity contribution in [3.8, 4) is 0 Å². The summed E-state index contributed by atoms with van der Waals surface area (Å²) in [5.74, 6) is 1.85. The molecule has 1 N–H and O–H groups in total. The highest BCUT2D eigenvalue weighted by Crippen LogP contribution is 2.23. The maximum absolute atomic E-state index is 3.47. The Morgan fingerprint density at radius 3 is 2.30 bits per heavy atom. The molecule has 0 amide bonds. The SMILES string of the molecule is c1ccc(CC2CCN(CC3CCNCC3)CC2)cc1. The Morgan fingerprint density at radius 2 is 1.60 bits per heavy atom. The second kappa shape index (κ2) is 7.24. The molecule has 0 radical (unpaired) electrons. The topological polar surface area (TPSA) is 15.3 Å². The van der Waals surface area contributed by atoms with Gasteiger partial charge < -0.3 is 10.2 Å². The summed E-state index contributed by atoms with van der Waals surface area (Å²) < 4.78 is 0. The Labute approximate surface area is 123 Å². The second-order valence-corrected chi connectivity index (χ2v) is 6.63. The van der Waals surface area contributed by atoms with E-state index in [1.165, 1.54) is 70.4 Å². The van der Waals surface area contributed by atoms with E-state index in [0.29, 0.717) is 0 Å². The van der Waals surface area contributed by atoms with Crippen molar-refractivity contribution in [3.63, 3.8) is 0 Å². The Balaban J connectivity index is 1.40. The van der Waals surface area contributed by atoms with Crippen LogP contribution >= 0.6 is 0 Å². The molecule has 20 heavy (non-hydrogen) atoms. The Kier molecular flexibility index (Phi) is 5.10. The normalized spacial score (nSPS) is 23.0. The largest absolute Gasteiger partial charge is 0.317 e. The van der Waals surface area contributed by atoms with Crippen LogP contribution < -0.4 is 5.32 Å². The Morgan fingerprint density at radius 1 is 0.900 bits per heavy atom. The lowest BCUT2D eigenvalue weighted by Gasteiger charge is -2.35. The number of hydrogen-bond donors (Lipinski definition) is 1. The molecule has 0 saturated carbocycles. The Bertz CT molecular complexity index is 376. The molecule has 2 saturated heterocycles. The van der Waals surface area contributed by atoms with E-state index in [0.717, 1.165) is 11.8 Å². The molecule has 2 heterocycles. The molecule has 1 aromatic rings. The molecule has 2 fully saturated rings. The number of nitrogens with one attached hydrogen (secondary N) is 1. The molecule has 0 bridgehead atoms. The van der Waals surface area contributed by atoms with Gasteiger partial charge in [0.15, 0.2) is 0 Å². The first-order valence-electron chi connectivity index (χ1n) is 8.37. The highest BCUT2D eigenvalue weighted by Gasteiger charge is 2.22. The molecule has 2 nitrogen and oxygen atoms in total. The summed E-state index contributed by atoms with van der Waals surface area (Å²) >= 11 is 0. The number of hydrogen-bond acceptors (Lipinski definition) is 2. The lowest BCUT2D eigenvalue weighted by atomic mass is 9.89. The lowest BCUT2D eigenvalue weighted by Crippen LogP contribution is -2.40. The highest BCUT2D eigenvalue weighted by molar-refractivity contribution is 5.15. The summed E-state index contributed by atoms with van der Waals surface area (Å²) in [6.07, 6.45) is 6.82. The van der Waals surface area contributed by atoms with Crippen molar-refractivity contribution in [2.75, 3.05) is 32.7 Å². The van der Waals surface area contributed by atoms with Gasteiger partial charge in [-0.25, -0.2) is 0 Å². The molecule has 3 rings (SSSR count). The van der Waals surface area contributed by atoms with Crippen molar-refractivity contribution in [1.29, 1.82) is 0 Å². The second-order valence-electron chi connectivity index (χ2n) is 6.63. The maximum Gasteiger partial charge on any atom is 0.00106 e. The molecule has 1 aromatic carbocycles. The minimum Gasteiger partial charge on any atom is -0.317 e. The van der Waals surface area contributed by atoms with E-state index in [1.807, 2.05) is 0 Å². The van der Waals surface area contributed by atoms with Crippen molar-refractivity contribution in [2.45, 2.75) is 32.1 Å². The highest BCUT2D eigenvalue weighted by atomic mass is 15.1. The van der Waals surface area contributed by atoms with Crippen LogP contribution in [0.1, 0.15) is 31.2 Å². The van der Waals surface area contributed by atoms with Gasteiger partial charge in [-0.2, -0.15) is 0 Å². The van der Waals surface area contributed by atoms with E-state index >= 15 is 0 Å².